The lowest BCUT2D eigenvalue weighted by Gasteiger charge is -2.23. The average Bonchev–Trinajstić information content (AvgIpc) is 2.72. The van der Waals surface area contributed by atoms with Crippen molar-refractivity contribution in [2.45, 2.75) is 19.9 Å². The predicted octanol–water partition coefficient (Wildman–Crippen LogP) is 3.28. The zero-order chi connectivity index (χ0) is 19.9. The summed E-state index contributed by atoms with van der Waals surface area (Å²) in [7, 11) is 0. The van der Waals surface area contributed by atoms with Gasteiger partial charge in [0, 0.05) is 36.6 Å². The van der Waals surface area contributed by atoms with Crippen molar-refractivity contribution in [2.75, 3.05) is 26.3 Å². The molecule has 0 unspecified atom stereocenters. The molecule has 7 heteroatoms. The van der Waals surface area contributed by atoms with Crippen molar-refractivity contribution >= 4 is 23.4 Å². The van der Waals surface area contributed by atoms with Crippen molar-refractivity contribution in [1.82, 2.24) is 10.2 Å². The molecule has 3 rings (SSSR count). The van der Waals surface area contributed by atoms with E-state index in [1.54, 1.807) is 29.2 Å². The maximum absolute atomic E-state index is 12.5. The molecule has 2 amide bonds. The first-order valence-electron chi connectivity index (χ1n) is 9.27. The molecular formula is C21H23ClN2O4. The molecular weight excluding hydrogens is 380 g/mol. The second-order valence-electron chi connectivity index (χ2n) is 6.40. The molecule has 1 heterocycles. The fraction of sp³-hybridized carbons (Fsp3) is 0.333. The normalized spacial score (nSPS) is 12.4. The molecule has 2 aromatic carbocycles. The summed E-state index contributed by atoms with van der Waals surface area (Å²) in [5.74, 6) is 1.20. The topological polar surface area (TPSA) is 67.9 Å². The van der Waals surface area contributed by atoms with Crippen LogP contribution in [0.5, 0.6) is 11.5 Å². The number of benzene rings is 2. The molecule has 0 radical (unpaired) electrons. The molecule has 0 saturated heterocycles. The Morgan fingerprint density at radius 1 is 1.07 bits per heavy atom. The Kier molecular flexibility index (Phi) is 6.76. The Hall–Kier alpha value is -2.73. The predicted molar refractivity (Wildman–Crippen MR) is 107 cm³/mol. The van der Waals surface area contributed by atoms with E-state index in [9.17, 15) is 9.59 Å². The van der Waals surface area contributed by atoms with Crippen LogP contribution in [0, 0.1) is 0 Å². The number of fused-ring (bicyclic) bond motifs is 1. The minimum atomic E-state index is -0.223. The molecule has 0 aliphatic carbocycles. The van der Waals surface area contributed by atoms with Gasteiger partial charge in [-0.2, -0.15) is 0 Å². The van der Waals surface area contributed by atoms with Crippen molar-refractivity contribution in [3.8, 4) is 11.5 Å². The first-order valence-corrected chi connectivity index (χ1v) is 9.64. The van der Waals surface area contributed by atoms with Gasteiger partial charge in [0.05, 0.1) is 0 Å². The van der Waals surface area contributed by atoms with Crippen molar-refractivity contribution < 1.29 is 19.1 Å². The van der Waals surface area contributed by atoms with E-state index in [1.165, 1.54) is 0 Å². The van der Waals surface area contributed by atoms with Gasteiger partial charge < -0.3 is 19.7 Å². The van der Waals surface area contributed by atoms with Gasteiger partial charge in [-0.3, -0.25) is 9.59 Å². The summed E-state index contributed by atoms with van der Waals surface area (Å²) in [5.41, 5.74) is 1.49. The summed E-state index contributed by atoms with van der Waals surface area (Å²) in [6.07, 6.45) is 0.234. The maximum atomic E-state index is 12.5. The van der Waals surface area contributed by atoms with Gasteiger partial charge in [0.2, 0.25) is 5.91 Å². The number of carbonyl (C=O) groups is 2. The van der Waals surface area contributed by atoms with Crippen LogP contribution in [0.3, 0.4) is 0 Å². The van der Waals surface area contributed by atoms with E-state index in [1.807, 2.05) is 25.1 Å². The lowest BCUT2D eigenvalue weighted by Crippen LogP contribution is -2.34. The summed E-state index contributed by atoms with van der Waals surface area (Å²) >= 11 is 5.82. The van der Waals surface area contributed by atoms with E-state index in [2.05, 4.69) is 5.32 Å². The van der Waals surface area contributed by atoms with Gasteiger partial charge in [-0.15, -0.1) is 0 Å². The summed E-state index contributed by atoms with van der Waals surface area (Å²) in [4.78, 5) is 26.4. The molecule has 2 aromatic rings. The van der Waals surface area contributed by atoms with Crippen LogP contribution in [-0.4, -0.2) is 43.0 Å². The monoisotopic (exact) mass is 402 g/mol. The average molecular weight is 403 g/mol. The number of nitrogens with one attached hydrogen (secondary N) is 1. The van der Waals surface area contributed by atoms with Crippen molar-refractivity contribution in [2.24, 2.45) is 0 Å². The number of hydrogen-bond acceptors (Lipinski definition) is 4. The van der Waals surface area contributed by atoms with Crippen LogP contribution in [0.2, 0.25) is 5.02 Å². The second kappa shape index (κ2) is 9.46. The van der Waals surface area contributed by atoms with Crippen LogP contribution in [0.15, 0.2) is 42.5 Å². The van der Waals surface area contributed by atoms with Crippen LogP contribution in [0.1, 0.15) is 29.3 Å². The number of carbonyl (C=O) groups excluding carboxylic acids is 2. The molecule has 1 N–H and O–H groups in total. The molecule has 1 aliphatic rings. The lowest BCUT2D eigenvalue weighted by atomic mass is 10.1. The first kappa shape index (κ1) is 20.0. The van der Waals surface area contributed by atoms with Crippen molar-refractivity contribution in [1.29, 1.82) is 0 Å². The minimum Gasteiger partial charge on any atom is -0.486 e. The van der Waals surface area contributed by atoms with E-state index in [-0.39, 0.29) is 24.8 Å². The number of nitrogens with zero attached hydrogens (tertiary/aromatic N) is 1. The van der Waals surface area contributed by atoms with E-state index in [0.717, 1.165) is 11.3 Å². The maximum Gasteiger partial charge on any atom is 0.251 e. The second-order valence-corrected chi connectivity index (χ2v) is 6.84. The number of halogens is 1. The van der Waals surface area contributed by atoms with Gasteiger partial charge in [0.1, 0.15) is 13.2 Å². The molecule has 0 spiro atoms. The quantitative estimate of drug-likeness (QED) is 0.771. The molecule has 28 heavy (non-hydrogen) atoms. The number of amides is 2. The van der Waals surface area contributed by atoms with E-state index < -0.39 is 0 Å². The van der Waals surface area contributed by atoms with Crippen LogP contribution in [0.4, 0.5) is 0 Å². The third kappa shape index (κ3) is 5.16. The zero-order valence-electron chi connectivity index (χ0n) is 15.7. The van der Waals surface area contributed by atoms with E-state index >= 15 is 0 Å². The third-order valence-electron chi connectivity index (χ3n) is 4.45. The fourth-order valence-electron chi connectivity index (χ4n) is 2.93. The van der Waals surface area contributed by atoms with Gasteiger partial charge in [0.15, 0.2) is 11.5 Å². The van der Waals surface area contributed by atoms with Crippen LogP contribution < -0.4 is 14.8 Å². The highest BCUT2D eigenvalue weighted by Gasteiger charge is 2.16. The number of hydrogen-bond donors (Lipinski definition) is 1. The first-order chi connectivity index (χ1) is 13.6. The molecule has 0 atom stereocenters. The van der Waals surface area contributed by atoms with Crippen LogP contribution in [0.25, 0.3) is 0 Å². The van der Waals surface area contributed by atoms with E-state index in [4.69, 9.17) is 21.1 Å². The number of ether oxygens (including phenoxy) is 2. The summed E-state index contributed by atoms with van der Waals surface area (Å²) < 4.78 is 11.1. The largest absolute Gasteiger partial charge is 0.486 e. The molecule has 0 aromatic heterocycles. The van der Waals surface area contributed by atoms with Crippen LogP contribution >= 0.6 is 11.6 Å². The van der Waals surface area contributed by atoms with Gasteiger partial charge in [0.25, 0.3) is 5.91 Å². The zero-order valence-corrected chi connectivity index (χ0v) is 16.5. The summed E-state index contributed by atoms with van der Waals surface area (Å²) in [6, 6.07) is 12.3. The Morgan fingerprint density at radius 2 is 1.79 bits per heavy atom. The van der Waals surface area contributed by atoms with Crippen molar-refractivity contribution in [3.05, 3.63) is 58.6 Å². The van der Waals surface area contributed by atoms with Crippen molar-refractivity contribution in [3.63, 3.8) is 0 Å². The molecule has 6 nitrogen and oxygen atoms in total. The smallest absolute Gasteiger partial charge is 0.251 e. The SMILES string of the molecule is CCN(Cc1ccc2c(c1)OCCO2)C(=O)CCNC(=O)c1ccc(Cl)cc1. The highest BCUT2D eigenvalue weighted by Crippen LogP contribution is 2.31. The highest BCUT2D eigenvalue weighted by molar-refractivity contribution is 6.30. The van der Waals surface area contributed by atoms with E-state index in [0.29, 0.717) is 42.6 Å². The lowest BCUT2D eigenvalue weighted by molar-refractivity contribution is -0.131. The number of rotatable bonds is 7. The molecule has 0 fully saturated rings. The molecule has 0 bridgehead atoms. The third-order valence-corrected chi connectivity index (χ3v) is 4.70. The molecule has 0 saturated carbocycles. The summed E-state index contributed by atoms with van der Waals surface area (Å²) in [6.45, 7) is 4.35. The standard InChI is InChI=1S/C21H23ClN2O4/c1-2-24(14-15-3-8-18-19(13-15)28-12-11-27-18)20(25)9-10-23-21(26)16-4-6-17(22)7-5-16/h3-8,13H,2,9-12,14H2,1H3,(H,23,26). The Morgan fingerprint density at radius 3 is 2.50 bits per heavy atom. The van der Waals surface area contributed by atoms with Gasteiger partial charge in [-0.05, 0) is 48.9 Å². The Labute approximate surface area is 169 Å². The summed E-state index contributed by atoms with van der Waals surface area (Å²) in [5, 5.41) is 3.34. The molecule has 1 aliphatic heterocycles. The van der Waals surface area contributed by atoms with Gasteiger partial charge >= 0.3 is 0 Å². The highest BCUT2D eigenvalue weighted by atomic mass is 35.5. The molecule has 148 valence electrons. The van der Waals surface area contributed by atoms with Gasteiger partial charge in [-0.25, -0.2) is 0 Å². The van der Waals surface area contributed by atoms with Crippen LogP contribution in [-0.2, 0) is 11.3 Å². The van der Waals surface area contributed by atoms with Gasteiger partial charge in [-0.1, -0.05) is 17.7 Å². The Balaban J connectivity index is 1.50. The minimum absolute atomic E-state index is 0.0196. The Bertz CT molecular complexity index is 839. The fourth-order valence-corrected chi connectivity index (χ4v) is 3.05.